The minimum absolute atomic E-state index is 0.337. The molecular weight excluding hydrogens is 222 g/mol. The van der Waals surface area contributed by atoms with Crippen molar-refractivity contribution in [2.24, 2.45) is 0 Å². The molecule has 90 valence electrons. The van der Waals surface area contributed by atoms with Crippen molar-refractivity contribution >= 4 is 5.97 Å². The average molecular weight is 235 g/mol. The molecule has 0 radical (unpaired) electrons. The summed E-state index contributed by atoms with van der Waals surface area (Å²) in [6.45, 7) is 1.56. The number of ether oxygens (including phenoxy) is 3. The van der Waals surface area contributed by atoms with E-state index in [1.165, 1.54) is 20.3 Å². The number of nitrogens with zero attached hydrogens (tertiary/aromatic N) is 1. The third-order valence-corrected chi connectivity index (χ3v) is 2.13. The van der Waals surface area contributed by atoms with E-state index in [2.05, 4.69) is 4.74 Å². The summed E-state index contributed by atoms with van der Waals surface area (Å²) in [5, 5.41) is 8.78. The maximum Gasteiger partial charge on any atom is 0.346 e. The van der Waals surface area contributed by atoms with E-state index in [-0.39, 0.29) is 0 Å². The van der Waals surface area contributed by atoms with Crippen molar-refractivity contribution < 1.29 is 19.0 Å². The molecule has 5 nitrogen and oxygen atoms in total. The highest BCUT2D eigenvalue weighted by Gasteiger charge is 2.17. The zero-order chi connectivity index (χ0) is 12.8. The molecule has 1 rings (SSSR count). The van der Waals surface area contributed by atoms with Gasteiger partial charge in [0.15, 0.2) is 17.6 Å². The minimum atomic E-state index is -0.761. The first-order valence-electron chi connectivity index (χ1n) is 4.95. The molecule has 0 heterocycles. The first kappa shape index (κ1) is 12.8. The molecule has 5 heteroatoms. The van der Waals surface area contributed by atoms with Gasteiger partial charge in [-0.1, -0.05) is 0 Å². The fourth-order valence-corrected chi connectivity index (χ4v) is 1.24. The Morgan fingerprint density at radius 2 is 2.06 bits per heavy atom. The van der Waals surface area contributed by atoms with Gasteiger partial charge in [-0.05, 0) is 19.1 Å². The normalized spacial score (nSPS) is 11.2. The predicted octanol–water partition coefficient (Wildman–Crippen LogP) is 1.51. The van der Waals surface area contributed by atoms with E-state index < -0.39 is 12.1 Å². The quantitative estimate of drug-likeness (QED) is 0.740. The van der Waals surface area contributed by atoms with Gasteiger partial charge in [-0.25, -0.2) is 4.79 Å². The Balaban J connectivity index is 2.96. The Morgan fingerprint density at radius 3 is 2.59 bits per heavy atom. The Kier molecular flexibility index (Phi) is 4.35. The van der Waals surface area contributed by atoms with Gasteiger partial charge in [0, 0.05) is 6.07 Å². The van der Waals surface area contributed by atoms with Crippen LogP contribution in [-0.2, 0) is 9.53 Å². The van der Waals surface area contributed by atoms with Gasteiger partial charge in [0.25, 0.3) is 0 Å². The van der Waals surface area contributed by atoms with E-state index in [9.17, 15) is 4.79 Å². The van der Waals surface area contributed by atoms with E-state index in [1.54, 1.807) is 19.1 Å². The fraction of sp³-hybridized carbons (Fsp3) is 0.333. The van der Waals surface area contributed by atoms with Crippen molar-refractivity contribution in [2.75, 3.05) is 14.2 Å². The van der Waals surface area contributed by atoms with Gasteiger partial charge in [-0.2, -0.15) is 5.26 Å². The summed E-state index contributed by atoms with van der Waals surface area (Å²) >= 11 is 0. The lowest BCUT2D eigenvalue weighted by Gasteiger charge is -2.15. The Morgan fingerprint density at radius 1 is 1.35 bits per heavy atom. The molecule has 1 atom stereocenters. The van der Waals surface area contributed by atoms with Crippen molar-refractivity contribution in [1.82, 2.24) is 0 Å². The minimum Gasteiger partial charge on any atom is -0.493 e. The lowest BCUT2D eigenvalue weighted by molar-refractivity contribution is -0.147. The summed E-state index contributed by atoms with van der Waals surface area (Å²) < 4.78 is 15.0. The molecule has 0 saturated heterocycles. The second kappa shape index (κ2) is 5.75. The molecule has 17 heavy (non-hydrogen) atoms. The lowest BCUT2D eigenvalue weighted by Crippen LogP contribution is -2.25. The standard InChI is InChI=1S/C12H13NO4/c1-8(12(14)16-3)17-11-6-9(7-13)4-5-10(11)15-2/h4-6,8H,1-3H3. The summed E-state index contributed by atoms with van der Waals surface area (Å²) in [4.78, 5) is 11.2. The SMILES string of the molecule is COC(=O)C(C)Oc1cc(C#N)ccc1OC. The number of carbonyl (C=O) groups excluding carboxylic acids is 1. The molecule has 0 aromatic heterocycles. The number of rotatable bonds is 4. The second-order valence-electron chi connectivity index (χ2n) is 3.26. The topological polar surface area (TPSA) is 68.5 Å². The smallest absolute Gasteiger partial charge is 0.346 e. The number of hydrogen-bond donors (Lipinski definition) is 0. The highest BCUT2D eigenvalue weighted by atomic mass is 16.6. The van der Waals surface area contributed by atoms with Crippen LogP contribution in [0.5, 0.6) is 11.5 Å². The third kappa shape index (κ3) is 3.11. The van der Waals surface area contributed by atoms with Gasteiger partial charge < -0.3 is 14.2 Å². The van der Waals surface area contributed by atoms with Gasteiger partial charge in [-0.15, -0.1) is 0 Å². The third-order valence-electron chi connectivity index (χ3n) is 2.13. The predicted molar refractivity (Wildman–Crippen MR) is 59.8 cm³/mol. The molecule has 1 aromatic rings. The zero-order valence-electron chi connectivity index (χ0n) is 9.89. The van der Waals surface area contributed by atoms with Crippen LogP contribution in [0.4, 0.5) is 0 Å². The van der Waals surface area contributed by atoms with Crippen molar-refractivity contribution in [1.29, 1.82) is 5.26 Å². The monoisotopic (exact) mass is 235 g/mol. The van der Waals surface area contributed by atoms with Crippen LogP contribution >= 0.6 is 0 Å². The number of benzene rings is 1. The van der Waals surface area contributed by atoms with Crippen LogP contribution in [0.15, 0.2) is 18.2 Å². The van der Waals surface area contributed by atoms with E-state index in [4.69, 9.17) is 14.7 Å². The van der Waals surface area contributed by atoms with Gasteiger partial charge >= 0.3 is 5.97 Å². The molecule has 0 spiro atoms. The maximum absolute atomic E-state index is 11.2. The lowest BCUT2D eigenvalue weighted by atomic mass is 10.2. The Labute approximate surface area is 99.5 Å². The number of nitriles is 1. The van der Waals surface area contributed by atoms with Gasteiger partial charge in [0.05, 0.1) is 25.9 Å². The van der Waals surface area contributed by atoms with E-state index in [0.717, 1.165) is 0 Å². The largest absolute Gasteiger partial charge is 0.493 e. The van der Waals surface area contributed by atoms with E-state index in [1.807, 2.05) is 6.07 Å². The van der Waals surface area contributed by atoms with Crippen molar-refractivity contribution in [2.45, 2.75) is 13.0 Å². The second-order valence-corrected chi connectivity index (χ2v) is 3.26. The molecule has 0 N–H and O–H groups in total. The summed E-state index contributed by atoms with van der Waals surface area (Å²) in [7, 11) is 2.77. The molecule has 0 amide bonds. The van der Waals surface area contributed by atoms with Crippen LogP contribution in [0.2, 0.25) is 0 Å². The number of hydrogen-bond acceptors (Lipinski definition) is 5. The summed E-state index contributed by atoms with van der Waals surface area (Å²) in [5.41, 5.74) is 0.429. The van der Waals surface area contributed by atoms with Gasteiger partial charge in [0.1, 0.15) is 0 Å². The maximum atomic E-state index is 11.2. The zero-order valence-corrected chi connectivity index (χ0v) is 9.89. The van der Waals surface area contributed by atoms with Crippen molar-refractivity contribution in [3.8, 4) is 17.6 Å². The molecule has 0 aliphatic rings. The number of methoxy groups -OCH3 is 2. The summed E-state index contributed by atoms with van der Waals surface area (Å²) in [5.74, 6) is 0.304. The van der Waals surface area contributed by atoms with E-state index >= 15 is 0 Å². The van der Waals surface area contributed by atoms with Crippen LogP contribution in [0.3, 0.4) is 0 Å². The highest BCUT2D eigenvalue weighted by Crippen LogP contribution is 2.28. The van der Waals surface area contributed by atoms with Crippen LogP contribution < -0.4 is 9.47 Å². The summed E-state index contributed by atoms with van der Waals surface area (Å²) in [6.07, 6.45) is -0.761. The molecule has 1 aromatic carbocycles. The first-order chi connectivity index (χ1) is 8.12. The first-order valence-corrected chi connectivity index (χ1v) is 4.95. The molecule has 1 unspecified atom stereocenters. The Bertz CT molecular complexity index is 450. The molecule has 0 aliphatic carbocycles. The summed E-state index contributed by atoms with van der Waals surface area (Å²) in [6, 6.07) is 6.71. The highest BCUT2D eigenvalue weighted by molar-refractivity contribution is 5.74. The van der Waals surface area contributed by atoms with Crippen LogP contribution in [0, 0.1) is 11.3 Å². The van der Waals surface area contributed by atoms with Crippen molar-refractivity contribution in [3.05, 3.63) is 23.8 Å². The van der Waals surface area contributed by atoms with Crippen LogP contribution in [-0.4, -0.2) is 26.3 Å². The number of esters is 1. The Hall–Kier alpha value is -2.22. The molecule has 0 bridgehead atoms. The van der Waals surface area contributed by atoms with Gasteiger partial charge in [0.2, 0.25) is 0 Å². The number of carbonyl (C=O) groups is 1. The molecular formula is C12H13NO4. The van der Waals surface area contributed by atoms with Crippen molar-refractivity contribution in [3.63, 3.8) is 0 Å². The van der Waals surface area contributed by atoms with E-state index in [0.29, 0.717) is 17.1 Å². The average Bonchev–Trinajstić information content (AvgIpc) is 2.37. The molecule has 0 saturated carbocycles. The fourth-order valence-electron chi connectivity index (χ4n) is 1.24. The van der Waals surface area contributed by atoms with Gasteiger partial charge in [-0.3, -0.25) is 0 Å². The van der Waals surface area contributed by atoms with Crippen LogP contribution in [0.1, 0.15) is 12.5 Å². The molecule has 0 aliphatic heterocycles. The van der Waals surface area contributed by atoms with Crippen LogP contribution in [0.25, 0.3) is 0 Å². The molecule has 0 fully saturated rings.